The molecule has 0 aliphatic carbocycles. The Hall–Kier alpha value is -1.75. The highest BCUT2D eigenvalue weighted by Gasteiger charge is 2.23. The molecule has 0 spiro atoms. The van der Waals surface area contributed by atoms with Crippen LogP contribution in [0.15, 0.2) is 18.2 Å². The third-order valence-corrected chi connectivity index (χ3v) is 3.79. The Balaban J connectivity index is 2.23. The van der Waals surface area contributed by atoms with E-state index in [4.69, 9.17) is 11.5 Å². The molecule has 1 atom stereocenters. The van der Waals surface area contributed by atoms with Gasteiger partial charge < -0.3 is 16.4 Å². The van der Waals surface area contributed by atoms with Crippen LogP contribution < -0.4 is 16.4 Å². The zero-order chi connectivity index (χ0) is 14.0. The zero-order valence-corrected chi connectivity index (χ0v) is 11.6. The van der Waals surface area contributed by atoms with Crippen molar-refractivity contribution in [2.24, 2.45) is 5.73 Å². The van der Waals surface area contributed by atoms with E-state index in [1.807, 2.05) is 6.07 Å². The molecule has 0 bridgehead atoms. The van der Waals surface area contributed by atoms with Crippen LogP contribution in [0.4, 0.5) is 11.4 Å². The normalized spacial score (nSPS) is 20.5. The fourth-order valence-electron chi connectivity index (χ4n) is 2.64. The number of carbonyl (C=O) groups is 1. The molecular formula is C14H22N4O. The number of hydrogen-bond donors (Lipinski definition) is 2. The SMILES string of the molecule is CCN1CCN(c2ccc(N)c(C(N)=O)c2)[C@H](C)C1. The quantitative estimate of drug-likeness (QED) is 0.794. The van der Waals surface area contributed by atoms with E-state index in [2.05, 4.69) is 23.6 Å². The van der Waals surface area contributed by atoms with Gasteiger partial charge in [0.2, 0.25) is 0 Å². The summed E-state index contributed by atoms with van der Waals surface area (Å²) in [6, 6.07) is 5.93. The van der Waals surface area contributed by atoms with Gasteiger partial charge in [-0.05, 0) is 31.7 Å². The van der Waals surface area contributed by atoms with E-state index < -0.39 is 5.91 Å². The van der Waals surface area contributed by atoms with Crippen LogP contribution in [-0.2, 0) is 0 Å². The number of nitrogens with zero attached hydrogens (tertiary/aromatic N) is 2. The predicted octanol–water partition coefficient (Wildman–Crippen LogP) is 0.898. The largest absolute Gasteiger partial charge is 0.398 e. The molecule has 1 heterocycles. The number of carbonyl (C=O) groups excluding carboxylic acids is 1. The Morgan fingerprint density at radius 1 is 1.42 bits per heavy atom. The number of benzene rings is 1. The van der Waals surface area contributed by atoms with E-state index >= 15 is 0 Å². The van der Waals surface area contributed by atoms with Crippen LogP contribution in [0.5, 0.6) is 0 Å². The van der Waals surface area contributed by atoms with Crippen LogP contribution in [-0.4, -0.2) is 43.0 Å². The molecule has 1 aromatic rings. The number of hydrogen-bond acceptors (Lipinski definition) is 4. The van der Waals surface area contributed by atoms with Crippen molar-refractivity contribution in [2.45, 2.75) is 19.9 Å². The zero-order valence-electron chi connectivity index (χ0n) is 11.6. The second kappa shape index (κ2) is 5.48. The summed E-state index contributed by atoms with van der Waals surface area (Å²) in [5, 5.41) is 0. The Bertz CT molecular complexity index is 475. The van der Waals surface area contributed by atoms with Crippen molar-refractivity contribution in [2.75, 3.05) is 36.8 Å². The fraction of sp³-hybridized carbons (Fsp3) is 0.500. The molecule has 5 nitrogen and oxygen atoms in total. The van der Waals surface area contributed by atoms with Gasteiger partial charge in [0.15, 0.2) is 0 Å². The summed E-state index contributed by atoms with van der Waals surface area (Å²) in [7, 11) is 0. The molecule has 4 N–H and O–H groups in total. The van der Waals surface area contributed by atoms with E-state index in [0.29, 0.717) is 17.3 Å². The van der Waals surface area contributed by atoms with Crippen LogP contribution >= 0.6 is 0 Å². The number of nitrogen functional groups attached to an aromatic ring is 1. The summed E-state index contributed by atoms with van der Waals surface area (Å²) in [5.74, 6) is -0.473. The molecule has 1 aliphatic heterocycles. The number of likely N-dealkylation sites (N-methyl/N-ethyl adjacent to an activating group) is 1. The highest BCUT2D eigenvalue weighted by molar-refractivity contribution is 5.99. The van der Waals surface area contributed by atoms with Crippen LogP contribution in [0.25, 0.3) is 0 Å². The number of amides is 1. The van der Waals surface area contributed by atoms with Gasteiger partial charge in [-0.1, -0.05) is 6.92 Å². The molecule has 0 radical (unpaired) electrons. The lowest BCUT2D eigenvalue weighted by Crippen LogP contribution is -2.51. The van der Waals surface area contributed by atoms with Crippen molar-refractivity contribution in [3.05, 3.63) is 23.8 Å². The highest BCUT2D eigenvalue weighted by atomic mass is 16.1. The first-order valence-corrected chi connectivity index (χ1v) is 6.71. The van der Waals surface area contributed by atoms with Gasteiger partial charge in [0.05, 0.1) is 5.56 Å². The molecule has 1 fully saturated rings. The molecule has 19 heavy (non-hydrogen) atoms. The second-order valence-corrected chi connectivity index (χ2v) is 5.07. The smallest absolute Gasteiger partial charge is 0.250 e. The lowest BCUT2D eigenvalue weighted by molar-refractivity contribution is 0.100. The first-order valence-electron chi connectivity index (χ1n) is 6.71. The summed E-state index contributed by atoms with van der Waals surface area (Å²) < 4.78 is 0. The summed E-state index contributed by atoms with van der Waals surface area (Å²) in [4.78, 5) is 16.1. The number of primary amides is 1. The van der Waals surface area contributed by atoms with Gasteiger partial charge in [0, 0.05) is 37.1 Å². The maximum Gasteiger partial charge on any atom is 0.250 e. The third-order valence-electron chi connectivity index (χ3n) is 3.79. The van der Waals surface area contributed by atoms with Crippen molar-refractivity contribution < 1.29 is 4.79 Å². The highest BCUT2D eigenvalue weighted by Crippen LogP contribution is 2.24. The average Bonchev–Trinajstić information content (AvgIpc) is 2.39. The van der Waals surface area contributed by atoms with Gasteiger partial charge in [-0.2, -0.15) is 0 Å². The van der Waals surface area contributed by atoms with Crippen molar-refractivity contribution in [3.63, 3.8) is 0 Å². The molecule has 1 saturated heterocycles. The molecule has 1 aromatic carbocycles. The van der Waals surface area contributed by atoms with E-state index in [0.717, 1.165) is 31.9 Å². The third kappa shape index (κ3) is 2.81. The Morgan fingerprint density at radius 2 is 2.16 bits per heavy atom. The lowest BCUT2D eigenvalue weighted by atomic mass is 10.1. The van der Waals surface area contributed by atoms with Gasteiger partial charge in [0.25, 0.3) is 5.91 Å². The predicted molar refractivity (Wildman–Crippen MR) is 78.3 cm³/mol. The summed E-state index contributed by atoms with van der Waals surface area (Å²) in [5.41, 5.74) is 13.0. The van der Waals surface area contributed by atoms with Crippen molar-refractivity contribution in [1.29, 1.82) is 0 Å². The van der Waals surface area contributed by atoms with E-state index in [1.165, 1.54) is 0 Å². The van der Waals surface area contributed by atoms with Crippen molar-refractivity contribution >= 4 is 17.3 Å². The summed E-state index contributed by atoms with van der Waals surface area (Å²) >= 11 is 0. The standard InChI is InChI=1S/C14H22N4O/c1-3-17-6-7-18(10(2)9-17)11-4-5-13(15)12(8-11)14(16)19/h4-5,8,10H,3,6-7,9,15H2,1-2H3,(H2,16,19)/t10-/m1/s1. The van der Waals surface area contributed by atoms with Crippen LogP contribution in [0.3, 0.4) is 0 Å². The first kappa shape index (κ1) is 13.7. The van der Waals surface area contributed by atoms with Crippen LogP contribution in [0, 0.1) is 0 Å². The Labute approximate surface area is 114 Å². The molecular weight excluding hydrogens is 240 g/mol. The minimum Gasteiger partial charge on any atom is -0.398 e. The molecule has 1 aliphatic rings. The minimum absolute atomic E-state index is 0.405. The molecule has 2 rings (SSSR count). The number of rotatable bonds is 3. The average molecular weight is 262 g/mol. The number of nitrogens with two attached hydrogens (primary N) is 2. The molecule has 0 unspecified atom stereocenters. The van der Waals surface area contributed by atoms with Gasteiger partial charge in [-0.3, -0.25) is 9.69 Å². The van der Waals surface area contributed by atoms with Gasteiger partial charge in [0.1, 0.15) is 0 Å². The summed E-state index contributed by atoms with van der Waals surface area (Å²) in [6.07, 6.45) is 0. The number of anilines is 2. The van der Waals surface area contributed by atoms with E-state index in [1.54, 1.807) is 12.1 Å². The maximum atomic E-state index is 11.4. The monoisotopic (exact) mass is 262 g/mol. The fourth-order valence-corrected chi connectivity index (χ4v) is 2.64. The maximum absolute atomic E-state index is 11.4. The Morgan fingerprint density at radius 3 is 2.74 bits per heavy atom. The molecule has 1 amide bonds. The van der Waals surface area contributed by atoms with Gasteiger partial charge in [-0.15, -0.1) is 0 Å². The molecule has 5 heteroatoms. The van der Waals surface area contributed by atoms with E-state index in [9.17, 15) is 4.79 Å². The van der Waals surface area contributed by atoms with Gasteiger partial charge in [-0.25, -0.2) is 0 Å². The van der Waals surface area contributed by atoms with Crippen molar-refractivity contribution in [3.8, 4) is 0 Å². The molecule has 0 saturated carbocycles. The van der Waals surface area contributed by atoms with Crippen LogP contribution in [0.2, 0.25) is 0 Å². The lowest BCUT2D eigenvalue weighted by Gasteiger charge is -2.41. The minimum atomic E-state index is -0.473. The molecule has 0 aromatic heterocycles. The second-order valence-electron chi connectivity index (χ2n) is 5.07. The van der Waals surface area contributed by atoms with Crippen molar-refractivity contribution in [1.82, 2.24) is 4.90 Å². The Kier molecular flexibility index (Phi) is 3.95. The summed E-state index contributed by atoms with van der Waals surface area (Å²) in [6.45, 7) is 8.48. The number of piperazine rings is 1. The first-order chi connectivity index (χ1) is 9.02. The van der Waals surface area contributed by atoms with Gasteiger partial charge >= 0.3 is 0 Å². The topological polar surface area (TPSA) is 75.6 Å². The molecule has 104 valence electrons. The van der Waals surface area contributed by atoms with E-state index in [-0.39, 0.29) is 0 Å². The van der Waals surface area contributed by atoms with Crippen LogP contribution in [0.1, 0.15) is 24.2 Å².